The highest BCUT2D eigenvalue weighted by Gasteiger charge is 2.34. The second-order valence-corrected chi connectivity index (χ2v) is 5.42. The van der Waals surface area contributed by atoms with Gasteiger partial charge in [0.25, 0.3) is 0 Å². The molecule has 5 N–H and O–H groups in total. The molecule has 1 aromatic carbocycles. The Balaban J connectivity index is 2.13. The number of nitrogen functional groups attached to an aromatic ring is 1. The lowest BCUT2D eigenvalue weighted by atomic mass is 10.2. The van der Waals surface area contributed by atoms with Crippen molar-refractivity contribution in [3.63, 3.8) is 0 Å². The van der Waals surface area contributed by atoms with Crippen LogP contribution in [0.4, 0.5) is 23.8 Å². The first kappa shape index (κ1) is 19.1. The van der Waals surface area contributed by atoms with Crippen LogP contribution < -0.4 is 16.4 Å². The summed E-state index contributed by atoms with van der Waals surface area (Å²) in [5.41, 5.74) is 5.35. The van der Waals surface area contributed by atoms with Gasteiger partial charge in [0.1, 0.15) is 11.9 Å². The van der Waals surface area contributed by atoms with Gasteiger partial charge < -0.3 is 21.5 Å². The largest absolute Gasteiger partial charge is 0.465 e. The number of nitrogens with two attached hydrogens (primary N) is 1. The summed E-state index contributed by atoms with van der Waals surface area (Å²) in [6.07, 6.45) is -5.94. The van der Waals surface area contributed by atoms with E-state index in [1.165, 1.54) is 19.1 Å². The van der Waals surface area contributed by atoms with Gasteiger partial charge in [0.15, 0.2) is 5.69 Å². The molecule has 8 nitrogen and oxygen atoms in total. The Labute approximate surface area is 145 Å². The first-order chi connectivity index (χ1) is 12.1. The summed E-state index contributed by atoms with van der Waals surface area (Å²) in [4.78, 5) is 22.3. The van der Waals surface area contributed by atoms with Gasteiger partial charge >= 0.3 is 12.3 Å². The summed E-state index contributed by atoms with van der Waals surface area (Å²) < 4.78 is 39.1. The summed E-state index contributed by atoms with van der Waals surface area (Å²) in [7, 11) is 0. The van der Waals surface area contributed by atoms with Gasteiger partial charge in [0.05, 0.1) is 5.69 Å². The van der Waals surface area contributed by atoms with Crippen molar-refractivity contribution in [2.75, 3.05) is 5.73 Å². The predicted molar refractivity (Wildman–Crippen MR) is 85.4 cm³/mol. The molecular formula is C15H16F3N5O3. The van der Waals surface area contributed by atoms with Crippen molar-refractivity contribution < 1.29 is 27.9 Å². The number of anilines is 1. The lowest BCUT2D eigenvalue weighted by molar-refractivity contribution is -0.141. The highest BCUT2D eigenvalue weighted by molar-refractivity contribution is 5.84. The number of carbonyl (C=O) groups is 2. The van der Waals surface area contributed by atoms with Crippen molar-refractivity contribution in [1.29, 1.82) is 0 Å². The summed E-state index contributed by atoms with van der Waals surface area (Å²) in [5, 5.41) is 16.6. The predicted octanol–water partition coefficient (Wildman–Crippen LogP) is 1.75. The molecule has 0 aliphatic rings. The van der Waals surface area contributed by atoms with Crippen LogP contribution in [0.15, 0.2) is 30.3 Å². The molecule has 11 heteroatoms. The van der Waals surface area contributed by atoms with E-state index in [0.717, 1.165) is 10.7 Å². The molecule has 0 radical (unpaired) electrons. The minimum atomic E-state index is -4.61. The van der Waals surface area contributed by atoms with Gasteiger partial charge in [-0.15, -0.1) is 0 Å². The maximum atomic E-state index is 12.7. The Morgan fingerprint density at radius 1 is 1.35 bits per heavy atom. The Hall–Kier alpha value is -3.24. The van der Waals surface area contributed by atoms with Crippen LogP contribution in [-0.4, -0.2) is 32.9 Å². The van der Waals surface area contributed by atoms with E-state index in [0.29, 0.717) is 11.3 Å². The van der Waals surface area contributed by atoms with E-state index in [4.69, 9.17) is 10.8 Å². The van der Waals surface area contributed by atoms with Crippen LogP contribution in [0.25, 0.3) is 5.69 Å². The zero-order chi connectivity index (χ0) is 19.5. The summed E-state index contributed by atoms with van der Waals surface area (Å²) in [6.45, 7) is 1.43. The monoisotopic (exact) mass is 371 g/mol. The molecule has 2 rings (SSSR count). The smallest absolute Gasteiger partial charge is 0.435 e. The van der Waals surface area contributed by atoms with Crippen LogP contribution in [0.3, 0.4) is 0 Å². The molecule has 0 aliphatic carbocycles. The van der Waals surface area contributed by atoms with Crippen molar-refractivity contribution in [1.82, 2.24) is 20.4 Å². The SMILES string of the molecule is C[C@H](NC(=O)O)C(=O)NCc1cccc(-n2nc(C(F)(F)F)cc2N)c1. The molecule has 0 fully saturated rings. The van der Waals surface area contributed by atoms with E-state index >= 15 is 0 Å². The zero-order valence-corrected chi connectivity index (χ0v) is 13.5. The maximum absolute atomic E-state index is 12.7. The fourth-order valence-electron chi connectivity index (χ4n) is 2.13. The lowest BCUT2D eigenvalue weighted by Crippen LogP contribution is -2.44. The van der Waals surface area contributed by atoms with Crippen LogP contribution in [0.2, 0.25) is 0 Å². The Bertz CT molecular complexity index is 819. The number of aromatic nitrogens is 2. The number of benzene rings is 1. The average molecular weight is 371 g/mol. The zero-order valence-electron chi connectivity index (χ0n) is 13.5. The van der Waals surface area contributed by atoms with Gasteiger partial charge in [-0.3, -0.25) is 4.79 Å². The number of amides is 2. The maximum Gasteiger partial charge on any atom is 0.435 e. The number of hydrogen-bond acceptors (Lipinski definition) is 4. The lowest BCUT2D eigenvalue weighted by Gasteiger charge is -2.12. The van der Waals surface area contributed by atoms with Crippen molar-refractivity contribution in [2.24, 2.45) is 0 Å². The molecule has 0 bridgehead atoms. The van der Waals surface area contributed by atoms with Gasteiger partial charge in [0, 0.05) is 12.6 Å². The summed E-state index contributed by atoms with van der Waals surface area (Å²) in [6, 6.07) is 6.02. The molecule has 1 heterocycles. The molecule has 0 unspecified atom stereocenters. The van der Waals surface area contributed by atoms with Crippen LogP contribution >= 0.6 is 0 Å². The molecule has 1 aromatic heterocycles. The van der Waals surface area contributed by atoms with Crippen LogP contribution in [0, 0.1) is 0 Å². The molecule has 2 aromatic rings. The van der Waals surface area contributed by atoms with Gasteiger partial charge in [-0.05, 0) is 24.6 Å². The minimum absolute atomic E-state index is 0.0472. The highest BCUT2D eigenvalue weighted by atomic mass is 19.4. The normalized spacial score (nSPS) is 12.5. The third-order valence-electron chi connectivity index (χ3n) is 3.38. The van der Waals surface area contributed by atoms with E-state index in [1.54, 1.807) is 12.1 Å². The van der Waals surface area contributed by atoms with E-state index in [2.05, 4.69) is 10.4 Å². The standard InChI is InChI=1S/C15H16F3N5O3/c1-8(21-14(25)26)13(24)20-7-9-3-2-4-10(5-9)23-12(19)6-11(22-23)15(16,17)18/h2-6,8,21H,7,19H2,1H3,(H,20,24)(H,25,26)/t8-/m0/s1. The number of rotatable bonds is 5. The van der Waals surface area contributed by atoms with E-state index in [9.17, 15) is 22.8 Å². The quantitative estimate of drug-likeness (QED) is 0.638. The molecule has 2 amide bonds. The van der Waals surface area contributed by atoms with E-state index in [1.807, 2.05) is 5.32 Å². The minimum Gasteiger partial charge on any atom is -0.465 e. The summed E-state index contributed by atoms with van der Waals surface area (Å²) >= 11 is 0. The van der Waals surface area contributed by atoms with Gasteiger partial charge in [-0.2, -0.15) is 18.3 Å². The van der Waals surface area contributed by atoms with E-state index < -0.39 is 29.9 Å². The van der Waals surface area contributed by atoms with Crippen molar-refractivity contribution in [2.45, 2.75) is 25.7 Å². The molecule has 1 atom stereocenters. The van der Waals surface area contributed by atoms with Gasteiger partial charge in [0.2, 0.25) is 5.91 Å². The van der Waals surface area contributed by atoms with Crippen molar-refractivity contribution in [3.8, 4) is 5.69 Å². The molecule has 26 heavy (non-hydrogen) atoms. The Morgan fingerprint density at radius 3 is 2.62 bits per heavy atom. The number of nitrogens with zero attached hydrogens (tertiary/aromatic N) is 2. The highest BCUT2D eigenvalue weighted by Crippen LogP contribution is 2.30. The second kappa shape index (κ2) is 7.33. The first-order valence-corrected chi connectivity index (χ1v) is 7.37. The second-order valence-electron chi connectivity index (χ2n) is 5.42. The first-order valence-electron chi connectivity index (χ1n) is 7.37. The number of hydrogen-bond donors (Lipinski definition) is 4. The molecule has 0 spiro atoms. The van der Waals surface area contributed by atoms with E-state index in [-0.39, 0.29) is 12.4 Å². The number of carboxylic acid groups (broad SMARTS) is 1. The molecule has 0 aliphatic heterocycles. The number of carbonyl (C=O) groups excluding carboxylic acids is 1. The van der Waals surface area contributed by atoms with Gasteiger partial charge in [-0.25, -0.2) is 9.48 Å². The van der Waals surface area contributed by atoms with Crippen molar-refractivity contribution in [3.05, 3.63) is 41.6 Å². The topological polar surface area (TPSA) is 122 Å². The molecule has 140 valence electrons. The number of alkyl halides is 3. The Morgan fingerprint density at radius 2 is 2.04 bits per heavy atom. The van der Waals surface area contributed by atoms with Crippen LogP contribution in [-0.2, 0) is 17.5 Å². The third kappa shape index (κ3) is 4.65. The number of nitrogens with one attached hydrogen (secondary N) is 2. The molecule has 0 saturated heterocycles. The number of halogens is 3. The van der Waals surface area contributed by atoms with Gasteiger partial charge in [-0.1, -0.05) is 12.1 Å². The van der Waals surface area contributed by atoms with Crippen molar-refractivity contribution >= 4 is 17.8 Å². The van der Waals surface area contributed by atoms with Crippen LogP contribution in [0.1, 0.15) is 18.2 Å². The fourth-order valence-corrected chi connectivity index (χ4v) is 2.13. The summed E-state index contributed by atoms with van der Waals surface area (Å²) in [5.74, 6) is -0.728. The Kier molecular flexibility index (Phi) is 5.38. The molecule has 0 saturated carbocycles. The third-order valence-corrected chi connectivity index (χ3v) is 3.38. The average Bonchev–Trinajstić information content (AvgIpc) is 2.94. The van der Waals surface area contributed by atoms with Crippen LogP contribution in [0.5, 0.6) is 0 Å². The fraction of sp³-hybridized carbons (Fsp3) is 0.267. The molecular weight excluding hydrogens is 355 g/mol.